The van der Waals surface area contributed by atoms with Gasteiger partial charge in [0.1, 0.15) is 0 Å². The van der Waals surface area contributed by atoms with Gasteiger partial charge in [0.05, 0.1) is 11.4 Å². The van der Waals surface area contributed by atoms with Crippen molar-refractivity contribution in [3.8, 4) is 5.69 Å². The summed E-state index contributed by atoms with van der Waals surface area (Å²) in [4.78, 5) is 0. The van der Waals surface area contributed by atoms with E-state index in [-0.39, 0.29) is 5.03 Å². The maximum absolute atomic E-state index is 11.4. The Hall–Kier alpha value is -1.69. The number of sulfone groups is 1. The Morgan fingerprint density at radius 3 is 2.47 bits per heavy atom. The summed E-state index contributed by atoms with van der Waals surface area (Å²) in [6.45, 7) is 3.66. The Kier molecular flexibility index (Phi) is 2.74. The van der Waals surface area contributed by atoms with E-state index in [1.165, 1.54) is 4.68 Å². The monoisotopic (exact) mass is 251 g/mol. The van der Waals surface area contributed by atoms with E-state index in [4.69, 9.17) is 0 Å². The fourth-order valence-electron chi connectivity index (χ4n) is 1.66. The Labute approximate surface area is 100 Å². The van der Waals surface area contributed by atoms with Gasteiger partial charge in [0, 0.05) is 6.26 Å². The molecule has 0 unspecified atom stereocenters. The number of hydrogen-bond donors (Lipinski definition) is 0. The molecular weight excluding hydrogens is 238 g/mol. The maximum atomic E-state index is 11.4. The molecule has 90 valence electrons. The SMILES string of the molecule is Cc1cccc(-n2nnc(S(C)(=O)=O)c2C)c1. The molecule has 1 heterocycles. The number of rotatable bonds is 2. The quantitative estimate of drug-likeness (QED) is 0.806. The largest absolute Gasteiger partial charge is 0.222 e. The van der Waals surface area contributed by atoms with Crippen LogP contribution in [0.4, 0.5) is 0 Å². The molecule has 1 aromatic heterocycles. The molecule has 0 spiro atoms. The number of aromatic nitrogens is 3. The zero-order chi connectivity index (χ0) is 12.6. The smallest absolute Gasteiger partial charge is 0.200 e. The van der Waals surface area contributed by atoms with Gasteiger partial charge in [-0.25, -0.2) is 13.1 Å². The van der Waals surface area contributed by atoms with Crippen LogP contribution in [0.2, 0.25) is 0 Å². The second-order valence-corrected chi connectivity index (χ2v) is 5.93. The summed E-state index contributed by atoms with van der Waals surface area (Å²) in [6, 6.07) is 7.65. The first-order valence-electron chi connectivity index (χ1n) is 5.09. The summed E-state index contributed by atoms with van der Waals surface area (Å²) < 4.78 is 24.4. The molecule has 0 aliphatic rings. The Balaban J connectivity index is 2.60. The van der Waals surface area contributed by atoms with Gasteiger partial charge in [-0.3, -0.25) is 0 Å². The molecule has 0 amide bonds. The van der Waals surface area contributed by atoms with Crippen LogP contribution in [0, 0.1) is 13.8 Å². The average Bonchev–Trinajstić information content (AvgIpc) is 2.59. The average molecular weight is 251 g/mol. The van der Waals surface area contributed by atoms with Crippen LogP contribution in [0.25, 0.3) is 5.69 Å². The molecule has 0 saturated heterocycles. The van der Waals surface area contributed by atoms with Gasteiger partial charge < -0.3 is 0 Å². The van der Waals surface area contributed by atoms with Gasteiger partial charge in [-0.2, -0.15) is 0 Å². The summed E-state index contributed by atoms with van der Waals surface area (Å²) in [5, 5.41) is 7.63. The van der Waals surface area contributed by atoms with Crippen LogP contribution >= 0.6 is 0 Å². The molecule has 1 aromatic carbocycles. The lowest BCUT2D eigenvalue weighted by molar-refractivity contribution is 0.597. The van der Waals surface area contributed by atoms with Crippen molar-refractivity contribution in [2.45, 2.75) is 18.9 Å². The van der Waals surface area contributed by atoms with Crippen molar-refractivity contribution in [1.82, 2.24) is 15.0 Å². The van der Waals surface area contributed by atoms with E-state index in [2.05, 4.69) is 10.3 Å². The fraction of sp³-hybridized carbons (Fsp3) is 0.273. The predicted molar refractivity (Wildman–Crippen MR) is 63.9 cm³/mol. The molecule has 0 bridgehead atoms. The van der Waals surface area contributed by atoms with Crippen molar-refractivity contribution < 1.29 is 8.42 Å². The molecule has 5 nitrogen and oxygen atoms in total. The molecule has 2 aromatic rings. The van der Waals surface area contributed by atoms with Crippen LogP contribution in [0.1, 0.15) is 11.3 Å². The summed E-state index contributed by atoms with van der Waals surface area (Å²) in [5.41, 5.74) is 2.42. The normalized spacial score (nSPS) is 11.7. The molecular formula is C11H13N3O2S. The van der Waals surface area contributed by atoms with E-state index in [9.17, 15) is 8.42 Å². The second-order valence-electron chi connectivity index (χ2n) is 4.00. The molecule has 0 N–H and O–H groups in total. The lowest BCUT2D eigenvalue weighted by Crippen LogP contribution is -2.02. The zero-order valence-corrected chi connectivity index (χ0v) is 10.7. The van der Waals surface area contributed by atoms with Crippen molar-refractivity contribution in [3.63, 3.8) is 0 Å². The van der Waals surface area contributed by atoms with E-state index < -0.39 is 9.84 Å². The van der Waals surface area contributed by atoms with Crippen molar-refractivity contribution in [2.24, 2.45) is 0 Å². The third kappa shape index (κ3) is 2.21. The first-order valence-corrected chi connectivity index (χ1v) is 6.98. The number of hydrogen-bond acceptors (Lipinski definition) is 4. The Morgan fingerprint density at radius 2 is 1.94 bits per heavy atom. The highest BCUT2D eigenvalue weighted by molar-refractivity contribution is 7.90. The molecule has 0 saturated carbocycles. The lowest BCUT2D eigenvalue weighted by Gasteiger charge is -2.03. The standard InChI is InChI=1S/C11H13N3O2S/c1-8-5-4-6-10(7-8)14-9(2)11(12-13-14)17(3,15)16/h4-7H,1-3H3. The maximum Gasteiger partial charge on any atom is 0.200 e. The van der Waals surface area contributed by atoms with Crippen molar-refractivity contribution >= 4 is 9.84 Å². The van der Waals surface area contributed by atoms with Crippen molar-refractivity contribution in [3.05, 3.63) is 35.5 Å². The molecule has 0 fully saturated rings. The minimum atomic E-state index is -3.33. The topological polar surface area (TPSA) is 64.8 Å². The van der Waals surface area contributed by atoms with Crippen LogP contribution in [0.15, 0.2) is 29.3 Å². The highest BCUT2D eigenvalue weighted by Gasteiger charge is 2.18. The number of nitrogens with zero attached hydrogens (tertiary/aromatic N) is 3. The summed E-state index contributed by atoms with van der Waals surface area (Å²) >= 11 is 0. The van der Waals surface area contributed by atoms with Crippen molar-refractivity contribution in [2.75, 3.05) is 6.26 Å². The van der Waals surface area contributed by atoms with Gasteiger partial charge in [0.15, 0.2) is 14.9 Å². The summed E-state index contributed by atoms with van der Waals surface area (Å²) in [7, 11) is -3.33. The predicted octanol–water partition coefficient (Wildman–Crippen LogP) is 1.29. The molecule has 0 aliphatic carbocycles. The highest BCUT2D eigenvalue weighted by Crippen LogP contribution is 2.16. The minimum Gasteiger partial charge on any atom is -0.222 e. The van der Waals surface area contributed by atoms with Gasteiger partial charge in [-0.15, -0.1) is 5.10 Å². The molecule has 6 heteroatoms. The van der Waals surface area contributed by atoms with E-state index >= 15 is 0 Å². The first-order chi connectivity index (χ1) is 7.89. The number of aryl methyl sites for hydroxylation is 1. The third-order valence-corrected chi connectivity index (χ3v) is 3.53. The van der Waals surface area contributed by atoms with Crippen LogP contribution in [0.3, 0.4) is 0 Å². The summed E-state index contributed by atoms with van der Waals surface area (Å²) in [5.74, 6) is 0. The van der Waals surface area contributed by atoms with Crippen molar-refractivity contribution in [1.29, 1.82) is 0 Å². The zero-order valence-electron chi connectivity index (χ0n) is 9.88. The van der Waals surface area contributed by atoms with E-state index in [1.54, 1.807) is 6.92 Å². The van der Waals surface area contributed by atoms with E-state index in [0.717, 1.165) is 17.5 Å². The highest BCUT2D eigenvalue weighted by atomic mass is 32.2. The second kappa shape index (κ2) is 3.96. The van der Waals surface area contributed by atoms with E-state index in [0.29, 0.717) is 5.69 Å². The van der Waals surface area contributed by atoms with Crippen LogP contribution in [-0.4, -0.2) is 29.7 Å². The fourth-order valence-corrected chi connectivity index (χ4v) is 2.47. The summed E-state index contributed by atoms with van der Waals surface area (Å²) in [6.07, 6.45) is 1.13. The third-order valence-electron chi connectivity index (χ3n) is 2.45. The van der Waals surface area contributed by atoms with Crippen LogP contribution < -0.4 is 0 Å². The minimum absolute atomic E-state index is 0.0269. The van der Waals surface area contributed by atoms with E-state index in [1.807, 2.05) is 31.2 Å². The van der Waals surface area contributed by atoms with Gasteiger partial charge in [-0.05, 0) is 31.5 Å². The molecule has 0 radical (unpaired) electrons. The van der Waals surface area contributed by atoms with Gasteiger partial charge in [0.25, 0.3) is 0 Å². The lowest BCUT2D eigenvalue weighted by atomic mass is 10.2. The molecule has 0 atom stereocenters. The van der Waals surface area contributed by atoms with Crippen LogP contribution in [-0.2, 0) is 9.84 Å². The molecule has 17 heavy (non-hydrogen) atoms. The van der Waals surface area contributed by atoms with Gasteiger partial charge in [0.2, 0.25) is 0 Å². The molecule has 0 aliphatic heterocycles. The Morgan fingerprint density at radius 1 is 1.24 bits per heavy atom. The number of benzene rings is 1. The Bertz CT molecular complexity index is 659. The van der Waals surface area contributed by atoms with Gasteiger partial charge >= 0.3 is 0 Å². The van der Waals surface area contributed by atoms with Gasteiger partial charge in [-0.1, -0.05) is 17.3 Å². The molecule has 2 rings (SSSR count). The van der Waals surface area contributed by atoms with Crippen LogP contribution in [0.5, 0.6) is 0 Å². The first kappa shape index (κ1) is 11.8.